The van der Waals surface area contributed by atoms with Crippen LogP contribution in [0, 0.1) is 0 Å². The Balaban J connectivity index is 2.64. The lowest BCUT2D eigenvalue weighted by Crippen LogP contribution is -2.54. The number of carboxylic acids is 1. The largest absolute Gasteiger partial charge is 0.508 e. The minimum atomic E-state index is -1.41. The molecule has 0 spiro atoms. The van der Waals surface area contributed by atoms with E-state index in [2.05, 4.69) is 20.9 Å². The number of benzene rings is 1. The van der Waals surface area contributed by atoms with Gasteiger partial charge in [0.2, 0.25) is 23.6 Å². The molecule has 4 amide bonds. The molecular formula is C21H32N8O7. The number of carbonyl (C=O) groups excluding carboxylic acids is 4. The van der Waals surface area contributed by atoms with Gasteiger partial charge in [0.25, 0.3) is 0 Å². The van der Waals surface area contributed by atoms with E-state index in [0.717, 1.165) is 0 Å². The maximum atomic E-state index is 12.5. The number of hydrogen-bond donors (Lipinski definition) is 9. The van der Waals surface area contributed by atoms with E-state index in [-0.39, 0.29) is 37.5 Å². The number of nitrogens with one attached hydrogen (secondary N) is 3. The highest BCUT2D eigenvalue weighted by Gasteiger charge is 2.26. The maximum Gasteiger partial charge on any atom is 0.326 e. The third kappa shape index (κ3) is 11.6. The van der Waals surface area contributed by atoms with Gasteiger partial charge in [0, 0.05) is 6.54 Å². The fraction of sp³-hybridized carbons (Fsp3) is 0.429. The zero-order valence-electron chi connectivity index (χ0n) is 19.5. The first-order valence-electron chi connectivity index (χ1n) is 10.9. The van der Waals surface area contributed by atoms with Crippen molar-refractivity contribution in [3.8, 4) is 5.75 Å². The Bertz CT molecular complexity index is 964. The Morgan fingerprint density at radius 2 is 1.58 bits per heavy atom. The number of aliphatic carboxylic acids is 1. The number of carboxylic acid groups (broad SMARTS) is 1. The minimum Gasteiger partial charge on any atom is -0.508 e. The Hall–Kier alpha value is -4.40. The first-order chi connectivity index (χ1) is 16.9. The number of nitrogens with two attached hydrogens (primary N) is 4. The summed E-state index contributed by atoms with van der Waals surface area (Å²) in [6, 6.07) is 2.24. The average molecular weight is 509 g/mol. The van der Waals surface area contributed by atoms with Crippen LogP contribution in [-0.2, 0) is 30.4 Å². The summed E-state index contributed by atoms with van der Waals surface area (Å²) < 4.78 is 0. The van der Waals surface area contributed by atoms with Gasteiger partial charge in [0.05, 0.1) is 19.0 Å². The number of amides is 4. The standard InChI is InChI=1S/C21H32N8O7/c22-13(8-11-3-5-12(30)6-4-11)18(33)29-15(9-16(23)31)19(34)27-10-17(32)28-14(20(35)36)2-1-7-26-21(24)25/h3-6,13-15,30H,1-2,7-10,22H2,(H2,23,31)(H,27,34)(H,28,32)(H,29,33)(H,35,36)(H4,24,25,26). The summed E-state index contributed by atoms with van der Waals surface area (Å²) in [5.41, 5.74) is 22.1. The van der Waals surface area contributed by atoms with E-state index >= 15 is 0 Å². The molecule has 0 radical (unpaired) electrons. The van der Waals surface area contributed by atoms with Gasteiger partial charge < -0.3 is 49.1 Å². The molecular weight excluding hydrogens is 476 g/mol. The van der Waals surface area contributed by atoms with Crippen LogP contribution in [0.1, 0.15) is 24.8 Å². The molecule has 13 N–H and O–H groups in total. The highest BCUT2D eigenvalue weighted by Crippen LogP contribution is 2.11. The highest BCUT2D eigenvalue weighted by molar-refractivity contribution is 5.95. The SMILES string of the molecule is NC(=O)CC(NC(=O)C(N)Cc1ccc(O)cc1)C(=O)NCC(=O)NC(CCCN=C(N)N)C(=O)O. The number of aliphatic imine (C=N–C) groups is 1. The molecule has 36 heavy (non-hydrogen) atoms. The second-order valence-corrected chi connectivity index (χ2v) is 7.83. The van der Waals surface area contributed by atoms with Gasteiger partial charge in [-0.3, -0.25) is 24.2 Å². The number of nitrogens with zero attached hydrogens (tertiary/aromatic N) is 1. The molecule has 1 rings (SSSR count). The Kier molecular flexibility index (Phi) is 12.2. The van der Waals surface area contributed by atoms with Crippen molar-refractivity contribution in [1.82, 2.24) is 16.0 Å². The predicted octanol–water partition coefficient (Wildman–Crippen LogP) is -3.64. The molecule has 0 aliphatic carbocycles. The lowest BCUT2D eigenvalue weighted by molar-refractivity contribution is -0.142. The van der Waals surface area contributed by atoms with Gasteiger partial charge in [-0.25, -0.2) is 4.79 Å². The number of primary amides is 1. The molecule has 3 atom stereocenters. The maximum absolute atomic E-state index is 12.5. The van der Waals surface area contributed by atoms with Crippen LogP contribution in [0.25, 0.3) is 0 Å². The van der Waals surface area contributed by atoms with Gasteiger partial charge in [-0.05, 0) is 37.0 Å². The molecule has 15 nitrogen and oxygen atoms in total. The van der Waals surface area contributed by atoms with E-state index < -0.39 is 60.7 Å². The molecule has 0 fully saturated rings. The van der Waals surface area contributed by atoms with Crippen LogP contribution >= 0.6 is 0 Å². The number of hydrogen-bond acceptors (Lipinski definition) is 8. The van der Waals surface area contributed by atoms with Gasteiger partial charge in [-0.2, -0.15) is 0 Å². The molecule has 1 aromatic carbocycles. The number of guanidine groups is 1. The molecule has 198 valence electrons. The molecule has 0 saturated carbocycles. The van der Waals surface area contributed by atoms with Gasteiger partial charge in [-0.1, -0.05) is 12.1 Å². The predicted molar refractivity (Wildman–Crippen MR) is 128 cm³/mol. The summed E-state index contributed by atoms with van der Waals surface area (Å²) in [5, 5.41) is 25.4. The Labute approximate surface area is 206 Å². The van der Waals surface area contributed by atoms with E-state index in [4.69, 9.17) is 22.9 Å². The fourth-order valence-electron chi connectivity index (χ4n) is 2.96. The Morgan fingerprint density at radius 3 is 2.14 bits per heavy atom. The molecule has 0 aromatic heterocycles. The number of phenolic OH excluding ortho intramolecular Hbond substituents is 1. The van der Waals surface area contributed by atoms with E-state index in [1.807, 2.05) is 0 Å². The highest BCUT2D eigenvalue weighted by atomic mass is 16.4. The second kappa shape index (κ2) is 14.8. The lowest BCUT2D eigenvalue weighted by Gasteiger charge is -2.20. The second-order valence-electron chi connectivity index (χ2n) is 7.83. The van der Waals surface area contributed by atoms with Crippen molar-refractivity contribution in [2.75, 3.05) is 13.1 Å². The quantitative estimate of drug-likeness (QED) is 0.0636. The van der Waals surface area contributed by atoms with Crippen LogP contribution in [-0.4, -0.2) is 77.0 Å². The van der Waals surface area contributed by atoms with E-state index in [0.29, 0.717) is 5.56 Å². The van der Waals surface area contributed by atoms with Crippen LogP contribution < -0.4 is 38.9 Å². The van der Waals surface area contributed by atoms with Crippen molar-refractivity contribution < 1.29 is 34.2 Å². The first-order valence-corrected chi connectivity index (χ1v) is 10.9. The molecule has 15 heteroatoms. The van der Waals surface area contributed by atoms with Crippen molar-refractivity contribution in [2.24, 2.45) is 27.9 Å². The van der Waals surface area contributed by atoms with Crippen molar-refractivity contribution in [3.05, 3.63) is 29.8 Å². The summed E-state index contributed by atoms with van der Waals surface area (Å²) in [6.45, 7) is -0.455. The van der Waals surface area contributed by atoms with Crippen molar-refractivity contribution in [2.45, 2.75) is 43.8 Å². The van der Waals surface area contributed by atoms with Crippen molar-refractivity contribution in [3.63, 3.8) is 0 Å². The summed E-state index contributed by atoms with van der Waals surface area (Å²) in [6.07, 6.45) is -0.170. The number of rotatable bonds is 15. The van der Waals surface area contributed by atoms with Crippen molar-refractivity contribution in [1.29, 1.82) is 0 Å². The van der Waals surface area contributed by atoms with Crippen LogP contribution in [0.4, 0.5) is 0 Å². The molecule has 0 bridgehead atoms. The van der Waals surface area contributed by atoms with Gasteiger partial charge >= 0.3 is 5.97 Å². The molecule has 1 aromatic rings. The van der Waals surface area contributed by atoms with Gasteiger partial charge in [0.1, 0.15) is 17.8 Å². The lowest BCUT2D eigenvalue weighted by atomic mass is 10.0. The molecule has 0 heterocycles. The van der Waals surface area contributed by atoms with E-state index in [1.54, 1.807) is 12.1 Å². The smallest absolute Gasteiger partial charge is 0.326 e. The average Bonchev–Trinajstić information content (AvgIpc) is 2.79. The normalized spacial score (nSPS) is 12.9. The van der Waals surface area contributed by atoms with Crippen LogP contribution in [0.2, 0.25) is 0 Å². The first kappa shape index (κ1) is 29.6. The third-order valence-corrected chi connectivity index (χ3v) is 4.77. The monoisotopic (exact) mass is 508 g/mol. The van der Waals surface area contributed by atoms with E-state index in [9.17, 15) is 34.2 Å². The number of aromatic hydroxyl groups is 1. The zero-order valence-corrected chi connectivity index (χ0v) is 19.5. The number of carbonyl (C=O) groups is 5. The molecule has 3 unspecified atom stereocenters. The molecule has 0 saturated heterocycles. The summed E-state index contributed by atoms with van der Waals surface area (Å²) >= 11 is 0. The van der Waals surface area contributed by atoms with Crippen LogP contribution in [0.3, 0.4) is 0 Å². The third-order valence-electron chi connectivity index (χ3n) is 4.77. The summed E-state index contributed by atoms with van der Waals surface area (Å²) in [4.78, 5) is 63.5. The van der Waals surface area contributed by atoms with Crippen LogP contribution in [0.15, 0.2) is 29.3 Å². The molecule has 0 aliphatic heterocycles. The van der Waals surface area contributed by atoms with Crippen molar-refractivity contribution >= 4 is 35.6 Å². The minimum absolute atomic E-state index is 0.0328. The van der Waals surface area contributed by atoms with Crippen LogP contribution in [0.5, 0.6) is 5.75 Å². The van der Waals surface area contributed by atoms with Gasteiger partial charge in [0.15, 0.2) is 5.96 Å². The van der Waals surface area contributed by atoms with E-state index in [1.165, 1.54) is 12.1 Å². The summed E-state index contributed by atoms with van der Waals surface area (Å²) in [5.74, 6) is -4.74. The summed E-state index contributed by atoms with van der Waals surface area (Å²) in [7, 11) is 0. The fourth-order valence-corrected chi connectivity index (χ4v) is 2.96. The zero-order chi connectivity index (χ0) is 27.3. The van der Waals surface area contributed by atoms with Gasteiger partial charge in [-0.15, -0.1) is 0 Å². The Morgan fingerprint density at radius 1 is 0.944 bits per heavy atom. The topological polar surface area (TPSA) is 278 Å². The number of phenols is 1. The molecule has 0 aliphatic rings.